The predicted octanol–water partition coefficient (Wildman–Crippen LogP) is 2.85. The SMILES string of the molecule is C[C@H]1OCC[C@@]2(C)O[C@H]2C[C@@H](C(Cl)=Cc2ccccn2)NC(=O)C[C@H](O)C(C)(C)C(=O)[C@H](C)[C@@H]1O. The normalized spacial score (nSPS) is 37.3. The maximum Gasteiger partial charge on any atom is 0.223 e. The average molecular weight is 509 g/mol. The quantitative estimate of drug-likeness (QED) is 0.525. The number of Topliss-reactive ketones (excluding diaryl/α,β-unsaturated/α-hetero) is 1. The largest absolute Gasteiger partial charge is 0.392 e. The molecule has 2 aliphatic heterocycles. The number of epoxide rings is 1. The molecule has 35 heavy (non-hydrogen) atoms. The zero-order valence-electron chi connectivity index (χ0n) is 21.0. The number of hydrogen-bond donors (Lipinski definition) is 3. The predicted molar refractivity (Wildman–Crippen MR) is 133 cm³/mol. The Bertz CT molecular complexity index is 939. The van der Waals surface area contributed by atoms with Gasteiger partial charge in [0.25, 0.3) is 0 Å². The van der Waals surface area contributed by atoms with Crippen LogP contribution in [0.25, 0.3) is 6.08 Å². The van der Waals surface area contributed by atoms with Crippen molar-refractivity contribution in [1.82, 2.24) is 10.3 Å². The number of amides is 1. The smallest absolute Gasteiger partial charge is 0.223 e. The van der Waals surface area contributed by atoms with E-state index in [2.05, 4.69) is 10.3 Å². The number of carbonyl (C=O) groups excluding carboxylic acids is 2. The first kappa shape index (κ1) is 27.7. The van der Waals surface area contributed by atoms with Crippen LogP contribution in [-0.4, -0.2) is 69.6 Å². The molecule has 9 heteroatoms. The summed E-state index contributed by atoms with van der Waals surface area (Å²) in [5, 5.41) is 24.8. The molecule has 0 spiro atoms. The summed E-state index contributed by atoms with van der Waals surface area (Å²) in [7, 11) is 0. The molecule has 7 atom stereocenters. The molecule has 8 nitrogen and oxygen atoms in total. The molecule has 0 radical (unpaired) electrons. The first-order valence-electron chi connectivity index (χ1n) is 12.1. The van der Waals surface area contributed by atoms with E-state index in [9.17, 15) is 19.8 Å². The lowest BCUT2D eigenvalue weighted by Gasteiger charge is -2.34. The summed E-state index contributed by atoms with van der Waals surface area (Å²) < 4.78 is 11.8. The van der Waals surface area contributed by atoms with E-state index in [0.29, 0.717) is 30.2 Å². The zero-order valence-corrected chi connectivity index (χ0v) is 21.8. The molecule has 2 saturated heterocycles. The minimum absolute atomic E-state index is 0.155. The summed E-state index contributed by atoms with van der Waals surface area (Å²) in [4.78, 5) is 30.4. The van der Waals surface area contributed by atoms with Crippen LogP contribution in [0.1, 0.15) is 59.6 Å². The van der Waals surface area contributed by atoms with E-state index in [1.54, 1.807) is 46.0 Å². The maximum absolute atomic E-state index is 13.2. The van der Waals surface area contributed by atoms with Crippen LogP contribution in [0, 0.1) is 11.3 Å². The van der Waals surface area contributed by atoms with Gasteiger partial charge < -0.3 is 25.0 Å². The summed E-state index contributed by atoms with van der Waals surface area (Å²) >= 11 is 6.64. The molecule has 3 N–H and O–H groups in total. The number of carbonyl (C=O) groups is 2. The lowest BCUT2D eigenvalue weighted by Crippen LogP contribution is -2.48. The van der Waals surface area contributed by atoms with Gasteiger partial charge in [0.2, 0.25) is 5.91 Å². The Morgan fingerprint density at radius 3 is 2.60 bits per heavy atom. The zero-order chi connectivity index (χ0) is 26.0. The first-order valence-corrected chi connectivity index (χ1v) is 12.5. The molecule has 3 rings (SSSR count). The van der Waals surface area contributed by atoms with Crippen LogP contribution in [0.15, 0.2) is 29.4 Å². The summed E-state index contributed by atoms with van der Waals surface area (Å²) in [6.07, 6.45) is 1.04. The third-order valence-electron chi connectivity index (χ3n) is 7.36. The number of aromatic nitrogens is 1. The fraction of sp³-hybridized carbons (Fsp3) is 0.654. The van der Waals surface area contributed by atoms with E-state index in [4.69, 9.17) is 21.1 Å². The van der Waals surface area contributed by atoms with Crippen molar-refractivity contribution in [1.29, 1.82) is 0 Å². The van der Waals surface area contributed by atoms with E-state index in [0.717, 1.165) is 0 Å². The van der Waals surface area contributed by atoms with Crippen molar-refractivity contribution in [2.24, 2.45) is 11.3 Å². The fourth-order valence-electron chi connectivity index (χ4n) is 4.51. The van der Waals surface area contributed by atoms with Crippen molar-refractivity contribution in [3.05, 3.63) is 35.1 Å². The summed E-state index contributed by atoms with van der Waals surface area (Å²) in [6, 6.07) is 4.90. The van der Waals surface area contributed by atoms with Gasteiger partial charge in [-0.25, -0.2) is 0 Å². The third kappa shape index (κ3) is 6.68. The molecule has 0 unspecified atom stereocenters. The van der Waals surface area contributed by atoms with Crippen molar-refractivity contribution in [3.8, 4) is 0 Å². The second-order valence-corrected chi connectivity index (χ2v) is 10.9. The van der Waals surface area contributed by atoms with E-state index < -0.39 is 47.2 Å². The Hall–Kier alpha value is -1.84. The molecule has 1 aromatic rings. The topological polar surface area (TPSA) is 121 Å². The highest BCUT2D eigenvalue weighted by Crippen LogP contribution is 2.43. The minimum atomic E-state index is -1.25. The number of fused-ring (bicyclic) bond motifs is 1. The van der Waals surface area contributed by atoms with E-state index >= 15 is 0 Å². The van der Waals surface area contributed by atoms with E-state index in [-0.39, 0.29) is 18.3 Å². The number of nitrogens with one attached hydrogen (secondary N) is 1. The molecule has 2 fully saturated rings. The van der Waals surface area contributed by atoms with Gasteiger partial charge in [-0.05, 0) is 32.1 Å². The molecule has 1 aromatic heterocycles. The van der Waals surface area contributed by atoms with Crippen molar-refractivity contribution in [3.63, 3.8) is 0 Å². The van der Waals surface area contributed by atoms with Crippen LogP contribution in [0.4, 0.5) is 0 Å². The number of halogens is 1. The molecule has 0 saturated carbocycles. The van der Waals surface area contributed by atoms with E-state index in [1.165, 1.54) is 0 Å². The molecular weight excluding hydrogens is 472 g/mol. The second kappa shape index (κ2) is 11.0. The molecule has 0 aliphatic carbocycles. The van der Waals surface area contributed by atoms with Crippen LogP contribution in [0.3, 0.4) is 0 Å². The van der Waals surface area contributed by atoms with Crippen LogP contribution >= 0.6 is 11.6 Å². The van der Waals surface area contributed by atoms with Gasteiger partial charge in [0.05, 0.1) is 53.6 Å². The number of ether oxygens (including phenoxy) is 2. The lowest BCUT2D eigenvalue weighted by molar-refractivity contribution is -0.146. The van der Waals surface area contributed by atoms with Gasteiger partial charge >= 0.3 is 0 Å². The minimum Gasteiger partial charge on any atom is -0.392 e. The van der Waals surface area contributed by atoms with Gasteiger partial charge in [-0.2, -0.15) is 0 Å². The first-order chi connectivity index (χ1) is 16.3. The number of aliphatic hydroxyl groups excluding tert-OH is 2. The van der Waals surface area contributed by atoms with Crippen LogP contribution in [0.2, 0.25) is 0 Å². The van der Waals surface area contributed by atoms with Gasteiger partial charge in [-0.15, -0.1) is 0 Å². The molecule has 3 heterocycles. The second-order valence-electron chi connectivity index (χ2n) is 10.5. The molecule has 2 aliphatic rings. The van der Waals surface area contributed by atoms with Gasteiger partial charge in [-0.3, -0.25) is 14.6 Å². The molecule has 194 valence electrons. The molecule has 1 amide bonds. The van der Waals surface area contributed by atoms with Crippen LogP contribution < -0.4 is 5.32 Å². The molecule has 0 bridgehead atoms. The Labute approximate surface area is 212 Å². The number of hydrogen-bond acceptors (Lipinski definition) is 7. The Kier molecular flexibility index (Phi) is 8.76. The number of ketones is 1. The Morgan fingerprint density at radius 2 is 1.94 bits per heavy atom. The van der Waals surface area contributed by atoms with E-state index in [1.807, 2.05) is 19.1 Å². The Balaban J connectivity index is 1.86. The standard InChI is InChI=1S/C26H37ClN2O6/c1-15-23(32)16(2)34-11-9-26(5)21(35-26)13-19(18(27)12-17-8-6-7-10-28-17)29-22(31)14-20(30)25(3,4)24(15)33/h6-8,10,12,15-16,19-21,23,30,32H,9,11,13-14H2,1-5H3,(H,29,31)/t15-,16-,19+,20+,21+,23+,26-/m1/s1. The highest BCUT2D eigenvalue weighted by atomic mass is 35.5. The highest BCUT2D eigenvalue weighted by molar-refractivity contribution is 6.32. The van der Waals surface area contributed by atoms with Crippen molar-refractivity contribution >= 4 is 29.4 Å². The molecule has 0 aromatic carbocycles. The lowest BCUT2D eigenvalue weighted by atomic mass is 9.74. The van der Waals surface area contributed by atoms with Crippen molar-refractivity contribution in [2.45, 2.75) is 89.9 Å². The summed E-state index contributed by atoms with van der Waals surface area (Å²) in [5.74, 6) is -1.56. The van der Waals surface area contributed by atoms with Gasteiger partial charge in [0, 0.05) is 36.6 Å². The summed E-state index contributed by atoms with van der Waals surface area (Å²) in [6.45, 7) is 8.82. The van der Waals surface area contributed by atoms with Gasteiger partial charge in [0.1, 0.15) is 5.78 Å². The number of nitrogens with zero attached hydrogens (tertiary/aromatic N) is 1. The Morgan fingerprint density at radius 1 is 1.23 bits per heavy atom. The van der Waals surface area contributed by atoms with Gasteiger partial charge in [0.15, 0.2) is 0 Å². The van der Waals surface area contributed by atoms with Crippen molar-refractivity contribution < 1.29 is 29.3 Å². The monoisotopic (exact) mass is 508 g/mol. The van der Waals surface area contributed by atoms with Crippen LogP contribution in [0.5, 0.6) is 0 Å². The maximum atomic E-state index is 13.2. The van der Waals surface area contributed by atoms with Gasteiger partial charge in [-0.1, -0.05) is 38.4 Å². The fourth-order valence-corrected chi connectivity index (χ4v) is 4.76. The highest BCUT2D eigenvalue weighted by Gasteiger charge is 2.53. The number of pyridine rings is 1. The van der Waals surface area contributed by atoms with Crippen molar-refractivity contribution in [2.75, 3.05) is 6.61 Å². The number of aliphatic hydroxyl groups is 2. The molecular formula is C26H37ClN2O6. The summed E-state index contributed by atoms with van der Waals surface area (Å²) in [5.41, 5.74) is -1.05. The average Bonchev–Trinajstić information content (AvgIpc) is 3.45. The van der Waals surface area contributed by atoms with Crippen LogP contribution in [-0.2, 0) is 19.1 Å². The third-order valence-corrected chi connectivity index (χ3v) is 7.73. The number of rotatable bonds is 2.